The smallest absolute Gasteiger partial charge is 0.358 e. The third kappa shape index (κ3) is 3.42. The van der Waals surface area contributed by atoms with Gasteiger partial charge in [0.05, 0.1) is 0 Å². The molecule has 0 aliphatic carbocycles. The Morgan fingerprint density at radius 1 is 1.16 bits per heavy atom. The maximum absolute atomic E-state index is 11.7. The van der Waals surface area contributed by atoms with Gasteiger partial charge in [-0.15, -0.1) is 0 Å². The number of aromatic hydroxyl groups is 1. The fourth-order valence-corrected chi connectivity index (χ4v) is 2.70. The molecule has 0 saturated carbocycles. The van der Waals surface area contributed by atoms with Gasteiger partial charge in [-0.2, -0.15) is 0 Å². The lowest BCUT2D eigenvalue weighted by Crippen LogP contribution is -2.17. The summed E-state index contributed by atoms with van der Waals surface area (Å²) in [4.78, 5) is 29.2. The van der Waals surface area contributed by atoms with Gasteiger partial charge in [0.15, 0.2) is 5.69 Å². The number of aromatic nitrogens is 2. The predicted octanol–water partition coefficient (Wildman–Crippen LogP) is 2.74. The number of nitrogens with zero attached hydrogens (tertiary/aromatic N) is 1. The van der Waals surface area contributed by atoms with Crippen molar-refractivity contribution in [2.24, 2.45) is 0 Å². The number of aromatic carboxylic acids is 1. The van der Waals surface area contributed by atoms with Crippen LogP contribution >= 0.6 is 0 Å². The Bertz CT molecular complexity index is 1010. The van der Waals surface area contributed by atoms with Gasteiger partial charge < -0.3 is 15.2 Å². The van der Waals surface area contributed by atoms with Crippen molar-refractivity contribution in [3.05, 3.63) is 81.5 Å². The number of nitrogens with one attached hydrogen (secondary N) is 1. The van der Waals surface area contributed by atoms with E-state index in [1.807, 2.05) is 49.4 Å². The monoisotopic (exact) mass is 336 g/mol. The molecule has 0 saturated heterocycles. The van der Waals surface area contributed by atoms with Gasteiger partial charge >= 0.3 is 5.97 Å². The average molecular weight is 336 g/mol. The number of aromatic amines is 1. The van der Waals surface area contributed by atoms with Crippen molar-refractivity contribution in [2.45, 2.75) is 13.3 Å². The first-order valence-electron chi connectivity index (χ1n) is 7.66. The van der Waals surface area contributed by atoms with E-state index in [0.29, 0.717) is 0 Å². The molecule has 25 heavy (non-hydrogen) atoms. The fourth-order valence-electron chi connectivity index (χ4n) is 2.70. The first kappa shape index (κ1) is 16.4. The van der Waals surface area contributed by atoms with Crippen LogP contribution in [0.1, 0.15) is 27.4 Å². The minimum Gasteiger partial charge on any atom is -0.501 e. The highest BCUT2D eigenvalue weighted by Crippen LogP contribution is 2.26. The van der Waals surface area contributed by atoms with Crippen molar-refractivity contribution in [1.29, 1.82) is 0 Å². The summed E-state index contributed by atoms with van der Waals surface area (Å²) in [7, 11) is 0. The van der Waals surface area contributed by atoms with E-state index in [-0.39, 0.29) is 12.2 Å². The molecule has 0 aliphatic rings. The van der Waals surface area contributed by atoms with Crippen LogP contribution in [0.25, 0.3) is 11.1 Å². The summed E-state index contributed by atoms with van der Waals surface area (Å²) in [5.74, 6) is -2.15. The van der Waals surface area contributed by atoms with E-state index < -0.39 is 23.0 Å². The number of aryl methyl sites for hydroxylation is 1. The van der Waals surface area contributed by atoms with Gasteiger partial charge in [-0.3, -0.25) is 4.79 Å². The number of benzene rings is 2. The van der Waals surface area contributed by atoms with Crippen molar-refractivity contribution in [1.82, 2.24) is 9.97 Å². The number of hydrogen-bond acceptors (Lipinski definition) is 4. The summed E-state index contributed by atoms with van der Waals surface area (Å²) in [6.07, 6.45) is 0.236. The first-order valence-corrected chi connectivity index (χ1v) is 7.66. The van der Waals surface area contributed by atoms with Crippen molar-refractivity contribution in [3.63, 3.8) is 0 Å². The largest absolute Gasteiger partial charge is 0.501 e. The number of carbonyl (C=O) groups is 1. The minimum absolute atomic E-state index is 0.181. The molecule has 126 valence electrons. The van der Waals surface area contributed by atoms with E-state index in [1.165, 1.54) is 0 Å². The Hall–Kier alpha value is -3.41. The lowest BCUT2D eigenvalue weighted by molar-refractivity contribution is 0.0686. The van der Waals surface area contributed by atoms with Gasteiger partial charge in [0.1, 0.15) is 5.82 Å². The number of carboxylic acid groups (broad SMARTS) is 1. The Morgan fingerprint density at radius 3 is 2.64 bits per heavy atom. The first-order chi connectivity index (χ1) is 12.0. The molecule has 0 fully saturated rings. The summed E-state index contributed by atoms with van der Waals surface area (Å²) in [5, 5.41) is 18.6. The Kier molecular flexibility index (Phi) is 4.35. The molecule has 1 aromatic heterocycles. The molecule has 0 amide bonds. The minimum atomic E-state index is -1.45. The van der Waals surface area contributed by atoms with E-state index in [1.54, 1.807) is 0 Å². The van der Waals surface area contributed by atoms with Gasteiger partial charge in [0.2, 0.25) is 5.75 Å². The summed E-state index contributed by atoms with van der Waals surface area (Å²) in [6.45, 7) is 2.00. The molecule has 3 rings (SSSR count). The summed E-state index contributed by atoms with van der Waals surface area (Å²) < 4.78 is 0. The highest BCUT2D eigenvalue weighted by atomic mass is 16.4. The van der Waals surface area contributed by atoms with Crippen molar-refractivity contribution >= 4 is 5.97 Å². The van der Waals surface area contributed by atoms with Crippen LogP contribution in [0.2, 0.25) is 0 Å². The molecule has 0 bridgehead atoms. The maximum atomic E-state index is 11.7. The van der Waals surface area contributed by atoms with Crippen LogP contribution in [0.5, 0.6) is 5.75 Å². The number of H-pyrrole nitrogens is 1. The summed E-state index contributed by atoms with van der Waals surface area (Å²) in [5.41, 5.74) is 2.49. The maximum Gasteiger partial charge on any atom is 0.358 e. The van der Waals surface area contributed by atoms with Crippen LogP contribution in [0, 0.1) is 6.92 Å². The SMILES string of the molecule is Cc1cccc(-c2ccccc2Cc2nc(C(=O)O)c(O)c(=O)[nH]2)c1. The molecule has 6 nitrogen and oxygen atoms in total. The second-order valence-corrected chi connectivity index (χ2v) is 5.72. The predicted molar refractivity (Wildman–Crippen MR) is 92.9 cm³/mol. The zero-order chi connectivity index (χ0) is 18.0. The second kappa shape index (κ2) is 6.60. The standard InChI is InChI=1S/C19H16N2O4/c1-11-5-4-7-12(9-11)14-8-3-2-6-13(14)10-15-20-16(19(24)25)17(22)18(23)21-15/h2-9,22H,10H2,1H3,(H,24,25)(H,20,21,23). The fraction of sp³-hybridized carbons (Fsp3) is 0.105. The normalized spacial score (nSPS) is 10.6. The van der Waals surface area contributed by atoms with Crippen LogP contribution in [0.3, 0.4) is 0 Å². The zero-order valence-corrected chi connectivity index (χ0v) is 13.5. The Labute approximate surface area is 143 Å². The van der Waals surface area contributed by atoms with E-state index in [0.717, 1.165) is 22.3 Å². The molecule has 0 aliphatic heterocycles. The van der Waals surface area contributed by atoms with Gasteiger partial charge in [-0.25, -0.2) is 9.78 Å². The number of carboxylic acids is 1. The van der Waals surface area contributed by atoms with Crippen LogP contribution in [-0.4, -0.2) is 26.2 Å². The molecule has 1 heterocycles. The van der Waals surface area contributed by atoms with E-state index in [4.69, 9.17) is 5.11 Å². The van der Waals surface area contributed by atoms with E-state index in [9.17, 15) is 14.7 Å². The highest BCUT2D eigenvalue weighted by molar-refractivity contribution is 5.88. The molecule has 2 aromatic carbocycles. The lowest BCUT2D eigenvalue weighted by Gasteiger charge is -2.11. The molecule has 0 unspecified atom stereocenters. The average Bonchev–Trinajstić information content (AvgIpc) is 2.58. The Morgan fingerprint density at radius 2 is 1.92 bits per heavy atom. The number of hydrogen-bond donors (Lipinski definition) is 3. The summed E-state index contributed by atoms with van der Waals surface area (Å²) in [6, 6.07) is 15.6. The Balaban J connectivity index is 2.06. The molecule has 0 spiro atoms. The topological polar surface area (TPSA) is 103 Å². The quantitative estimate of drug-likeness (QED) is 0.680. The van der Waals surface area contributed by atoms with Crippen molar-refractivity contribution in [3.8, 4) is 16.9 Å². The molecule has 0 atom stereocenters. The molecule has 6 heteroatoms. The molecule has 3 aromatic rings. The second-order valence-electron chi connectivity index (χ2n) is 5.72. The van der Waals surface area contributed by atoms with Crippen molar-refractivity contribution < 1.29 is 15.0 Å². The van der Waals surface area contributed by atoms with Crippen LogP contribution in [-0.2, 0) is 6.42 Å². The molecular formula is C19H16N2O4. The molecular weight excluding hydrogens is 320 g/mol. The molecule has 0 radical (unpaired) electrons. The van der Waals surface area contributed by atoms with Crippen LogP contribution in [0.15, 0.2) is 53.3 Å². The van der Waals surface area contributed by atoms with Gasteiger partial charge in [-0.05, 0) is 23.6 Å². The van der Waals surface area contributed by atoms with Gasteiger partial charge in [0.25, 0.3) is 5.56 Å². The lowest BCUT2D eigenvalue weighted by atomic mass is 9.96. The van der Waals surface area contributed by atoms with Crippen LogP contribution < -0.4 is 5.56 Å². The van der Waals surface area contributed by atoms with E-state index in [2.05, 4.69) is 16.0 Å². The molecule has 3 N–H and O–H groups in total. The van der Waals surface area contributed by atoms with Crippen molar-refractivity contribution in [2.75, 3.05) is 0 Å². The van der Waals surface area contributed by atoms with Gasteiger partial charge in [-0.1, -0.05) is 54.1 Å². The zero-order valence-electron chi connectivity index (χ0n) is 13.5. The van der Waals surface area contributed by atoms with Gasteiger partial charge in [0, 0.05) is 6.42 Å². The van der Waals surface area contributed by atoms with Crippen LogP contribution in [0.4, 0.5) is 0 Å². The highest BCUT2D eigenvalue weighted by Gasteiger charge is 2.17. The van der Waals surface area contributed by atoms with E-state index >= 15 is 0 Å². The number of rotatable bonds is 4. The third-order valence-electron chi connectivity index (χ3n) is 3.85. The third-order valence-corrected chi connectivity index (χ3v) is 3.85. The summed E-state index contributed by atoms with van der Waals surface area (Å²) >= 11 is 0.